The standard InChI is InChI=1S/C14H12N4O4/c1-17-11-6-9(2-4-12(11)22-8-14(17)19)16-13-5-3-10(7-15-13)18(20)21/h2-7H,8H2,1H3,(H,15,16). The predicted molar refractivity (Wildman–Crippen MR) is 79.5 cm³/mol. The molecule has 8 nitrogen and oxygen atoms in total. The Hall–Kier alpha value is -3.16. The second-order valence-electron chi connectivity index (χ2n) is 4.71. The maximum absolute atomic E-state index is 11.6. The number of nitro groups is 1. The summed E-state index contributed by atoms with van der Waals surface area (Å²) in [7, 11) is 1.68. The summed E-state index contributed by atoms with van der Waals surface area (Å²) in [6.45, 7) is 0.0280. The van der Waals surface area contributed by atoms with E-state index in [1.165, 1.54) is 23.2 Å². The van der Waals surface area contributed by atoms with E-state index in [0.717, 1.165) is 0 Å². The Balaban J connectivity index is 1.84. The van der Waals surface area contributed by atoms with Crippen molar-refractivity contribution >= 4 is 28.8 Å². The van der Waals surface area contributed by atoms with Gasteiger partial charge in [0, 0.05) is 18.8 Å². The lowest BCUT2D eigenvalue weighted by Crippen LogP contribution is -2.35. The van der Waals surface area contributed by atoms with Gasteiger partial charge in [0.2, 0.25) is 0 Å². The number of amides is 1. The fraction of sp³-hybridized carbons (Fsp3) is 0.143. The monoisotopic (exact) mass is 300 g/mol. The van der Waals surface area contributed by atoms with Gasteiger partial charge in [-0.05, 0) is 24.3 Å². The molecule has 0 spiro atoms. The number of pyridine rings is 1. The first kappa shape index (κ1) is 13.8. The number of aromatic nitrogens is 1. The van der Waals surface area contributed by atoms with E-state index >= 15 is 0 Å². The van der Waals surface area contributed by atoms with Crippen LogP contribution in [0.1, 0.15) is 0 Å². The molecule has 0 saturated carbocycles. The number of anilines is 3. The van der Waals surface area contributed by atoms with Crippen molar-refractivity contribution in [1.29, 1.82) is 0 Å². The summed E-state index contributed by atoms with van der Waals surface area (Å²) in [4.78, 5) is 27.2. The molecule has 1 aliphatic heterocycles. The number of carbonyl (C=O) groups is 1. The van der Waals surface area contributed by atoms with Crippen LogP contribution in [0, 0.1) is 10.1 Å². The number of hydrogen-bond donors (Lipinski definition) is 1. The number of ether oxygens (including phenoxy) is 1. The summed E-state index contributed by atoms with van der Waals surface area (Å²) >= 11 is 0. The molecule has 3 rings (SSSR count). The third kappa shape index (κ3) is 2.53. The fourth-order valence-electron chi connectivity index (χ4n) is 2.07. The van der Waals surface area contributed by atoms with E-state index in [2.05, 4.69) is 10.3 Å². The second-order valence-corrected chi connectivity index (χ2v) is 4.71. The Kier molecular flexibility index (Phi) is 3.34. The zero-order chi connectivity index (χ0) is 15.7. The van der Waals surface area contributed by atoms with Crippen LogP contribution in [-0.4, -0.2) is 29.5 Å². The molecule has 0 fully saturated rings. The summed E-state index contributed by atoms with van der Waals surface area (Å²) in [6, 6.07) is 8.18. The maximum Gasteiger partial charge on any atom is 0.287 e. The quantitative estimate of drug-likeness (QED) is 0.688. The molecule has 1 amide bonds. The van der Waals surface area contributed by atoms with Gasteiger partial charge in [0.15, 0.2) is 6.61 Å². The van der Waals surface area contributed by atoms with Crippen LogP contribution >= 0.6 is 0 Å². The van der Waals surface area contributed by atoms with Gasteiger partial charge in [-0.15, -0.1) is 0 Å². The van der Waals surface area contributed by atoms with Crippen molar-refractivity contribution in [2.45, 2.75) is 0 Å². The minimum absolute atomic E-state index is 0.0280. The van der Waals surface area contributed by atoms with Gasteiger partial charge >= 0.3 is 0 Å². The van der Waals surface area contributed by atoms with E-state index in [1.807, 2.05) is 0 Å². The topological polar surface area (TPSA) is 97.6 Å². The Labute approximate surface area is 125 Å². The van der Waals surface area contributed by atoms with E-state index < -0.39 is 4.92 Å². The largest absolute Gasteiger partial charge is 0.482 e. The van der Waals surface area contributed by atoms with E-state index in [-0.39, 0.29) is 18.2 Å². The van der Waals surface area contributed by atoms with Crippen LogP contribution in [0.15, 0.2) is 36.5 Å². The number of carbonyl (C=O) groups excluding carboxylic acids is 1. The van der Waals surface area contributed by atoms with Crippen molar-refractivity contribution in [3.05, 3.63) is 46.6 Å². The van der Waals surface area contributed by atoms with Crippen molar-refractivity contribution in [3.8, 4) is 5.75 Å². The van der Waals surface area contributed by atoms with Crippen LogP contribution in [0.4, 0.5) is 22.9 Å². The Morgan fingerprint density at radius 3 is 2.86 bits per heavy atom. The summed E-state index contributed by atoms with van der Waals surface area (Å²) in [5.74, 6) is 0.971. The van der Waals surface area contributed by atoms with Crippen LogP contribution in [-0.2, 0) is 4.79 Å². The lowest BCUT2D eigenvalue weighted by atomic mass is 10.2. The van der Waals surface area contributed by atoms with Crippen LogP contribution in [0.25, 0.3) is 0 Å². The second kappa shape index (κ2) is 5.32. The number of rotatable bonds is 3. The first-order valence-corrected chi connectivity index (χ1v) is 6.45. The van der Waals surface area contributed by atoms with Crippen molar-refractivity contribution in [2.75, 3.05) is 23.9 Å². The van der Waals surface area contributed by atoms with E-state index in [0.29, 0.717) is 22.9 Å². The highest BCUT2D eigenvalue weighted by Crippen LogP contribution is 2.34. The smallest absolute Gasteiger partial charge is 0.287 e. The van der Waals surface area contributed by atoms with Gasteiger partial charge in [0.05, 0.1) is 10.6 Å². The molecule has 1 aliphatic rings. The molecule has 0 radical (unpaired) electrons. The molecule has 0 unspecified atom stereocenters. The SMILES string of the molecule is CN1C(=O)COc2ccc(Nc3ccc([N+](=O)[O-])cn3)cc21. The van der Waals surface area contributed by atoms with Crippen LogP contribution in [0.2, 0.25) is 0 Å². The fourth-order valence-corrected chi connectivity index (χ4v) is 2.07. The van der Waals surface area contributed by atoms with Gasteiger partial charge in [-0.25, -0.2) is 4.98 Å². The molecule has 2 heterocycles. The number of benzene rings is 1. The highest BCUT2D eigenvalue weighted by molar-refractivity contribution is 5.98. The van der Waals surface area contributed by atoms with Crippen LogP contribution < -0.4 is 15.0 Å². The summed E-state index contributed by atoms with van der Waals surface area (Å²) in [6.07, 6.45) is 1.18. The highest BCUT2D eigenvalue weighted by atomic mass is 16.6. The molecule has 1 aromatic heterocycles. The average molecular weight is 300 g/mol. The van der Waals surface area contributed by atoms with Crippen molar-refractivity contribution in [1.82, 2.24) is 4.98 Å². The van der Waals surface area contributed by atoms with Gasteiger partial charge in [0.1, 0.15) is 17.8 Å². The van der Waals surface area contributed by atoms with Crippen LogP contribution in [0.5, 0.6) is 5.75 Å². The maximum atomic E-state index is 11.6. The van der Waals surface area contributed by atoms with Gasteiger partial charge < -0.3 is 15.0 Å². The van der Waals surface area contributed by atoms with Gasteiger partial charge in [0.25, 0.3) is 11.6 Å². The third-order valence-electron chi connectivity index (χ3n) is 3.28. The minimum Gasteiger partial charge on any atom is -0.482 e. The Morgan fingerprint density at radius 2 is 2.18 bits per heavy atom. The zero-order valence-corrected chi connectivity index (χ0v) is 11.6. The Bertz CT molecular complexity index is 745. The lowest BCUT2D eigenvalue weighted by molar-refractivity contribution is -0.385. The molecule has 0 saturated heterocycles. The summed E-state index contributed by atoms with van der Waals surface area (Å²) in [5, 5.41) is 13.6. The van der Waals surface area contributed by atoms with E-state index in [4.69, 9.17) is 4.74 Å². The minimum atomic E-state index is -0.506. The molecule has 8 heteroatoms. The highest BCUT2D eigenvalue weighted by Gasteiger charge is 2.22. The molecule has 0 atom stereocenters. The number of nitrogens with one attached hydrogen (secondary N) is 1. The molecule has 1 aromatic carbocycles. The molecule has 112 valence electrons. The Morgan fingerprint density at radius 1 is 1.36 bits per heavy atom. The van der Waals surface area contributed by atoms with Crippen LogP contribution in [0.3, 0.4) is 0 Å². The number of hydrogen-bond acceptors (Lipinski definition) is 6. The summed E-state index contributed by atoms with van der Waals surface area (Å²) < 4.78 is 5.34. The first-order chi connectivity index (χ1) is 10.5. The van der Waals surface area contributed by atoms with Gasteiger partial charge in [-0.1, -0.05) is 0 Å². The number of likely N-dealkylation sites (N-methyl/N-ethyl adjacent to an activating group) is 1. The van der Waals surface area contributed by atoms with E-state index in [1.54, 1.807) is 25.2 Å². The molecule has 2 aromatic rings. The number of fused-ring (bicyclic) bond motifs is 1. The van der Waals surface area contributed by atoms with Crippen molar-refractivity contribution in [3.63, 3.8) is 0 Å². The molecule has 0 aliphatic carbocycles. The molecular formula is C14H12N4O4. The normalized spacial score (nSPS) is 13.3. The molecule has 1 N–H and O–H groups in total. The van der Waals surface area contributed by atoms with Crippen molar-refractivity contribution in [2.24, 2.45) is 0 Å². The summed E-state index contributed by atoms with van der Waals surface area (Å²) in [5.41, 5.74) is 1.28. The first-order valence-electron chi connectivity index (χ1n) is 6.45. The molecule has 22 heavy (non-hydrogen) atoms. The van der Waals surface area contributed by atoms with Gasteiger partial charge in [-0.2, -0.15) is 0 Å². The third-order valence-corrected chi connectivity index (χ3v) is 3.28. The van der Waals surface area contributed by atoms with E-state index in [9.17, 15) is 14.9 Å². The molecule has 0 bridgehead atoms. The lowest BCUT2D eigenvalue weighted by Gasteiger charge is -2.26. The zero-order valence-electron chi connectivity index (χ0n) is 11.6. The average Bonchev–Trinajstić information content (AvgIpc) is 2.52. The molecular weight excluding hydrogens is 288 g/mol. The predicted octanol–water partition coefficient (Wildman–Crippen LogP) is 2.09. The van der Waals surface area contributed by atoms with Crippen molar-refractivity contribution < 1.29 is 14.5 Å². The van der Waals surface area contributed by atoms with Gasteiger partial charge in [-0.3, -0.25) is 14.9 Å². The number of nitrogens with zero attached hydrogens (tertiary/aromatic N) is 3.